The number of aromatic nitrogens is 1. The quantitative estimate of drug-likeness (QED) is 0.575. The van der Waals surface area contributed by atoms with E-state index in [2.05, 4.69) is 25.9 Å². The molecule has 2 rings (SSSR count). The van der Waals surface area contributed by atoms with Crippen LogP contribution in [0.25, 0.3) is 10.9 Å². The highest BCUT2D eigenvalue weighted by molar-refractivity contribution is 9.10. The molecular formula is C10H5BrN2O. The number of isocyanates is 1. The second kappa shape index (κ2) is 3.70. The number of carbonyl (C=O) groups excluding carboxylic acids is 1. The van der Waals surface area contributed by atoms with Gasteiger partial charge in [0.1, 0.15) is 5.69 Å². The van der Waals surface area contributed by atoms with E-state index in [0.29, 0.717) is 11.2 Å². The molecule has 0 bridgehead atoms. The fourth-order valence-corrected chi connectivity index (χ4v) is 1.61. The Morgan fingerprint density at radius 1 is 1.43 bits per heavy atom. The SMILES string of the molecule is O=C=Nc1cccc2cc(Br)cnc12. The van der Waals surface area contributed by atoms with Crippen molar-refractivity contribution < 1.29 is 4.79 Å². The predicted molar refractivity (Wildman–Crippen MR) is 57.2 cm³/mol. The number of fused-ring (bicyclic) bond motifs is 1. The summed E-state index contributed by atoms with van der Waals surface area (Å²) in [6.07, 6.45) is 3.19. The number of para-hydroxylation sites is 1. The largest absolute Gasteiger partial charge is 0.253 e. The van der Waals surface area contributed by atoms with Gasteiger partial charge in [-0.25, -0.2) is 4.79 Å². The lowest BCUT2D eigenvalue weighted by Crippen LogP contribution is -1.79. The Kier molecular flexibility index (Phi) is 2.39. The molecule has 0 unspecified atom stereocenters. The smallest absolute Gasteiger partial charge is 0.240 e. The van der Waals surface area contributed by atoms with E-state index in [1.807, 2.05) is 18.2 Å². The van der Waals surface area contributed by atoms with Crippen molar-refractivity contribution in [2.24, 2.45) is 4.99 Å². The van der Waals surface area contributed by atoms with E-state index in [1.54, 1.807) is 12.3 Å². The molecule has 14 heavy (non-hydrogen) atoms. The van der Waals surface area contributed by atoms with Crippen LogP contribution < -0.4 is 0 Å². The third kappa shape index (κ3) is 1.58. The van der Waals surface area contributed by atoms with Crippen molar-refractivity contribution in [1.29, 1.82) is 0 Å². The molecule has 1 heterocycles. The number of benzene rings is 1. The van der Waals surface area contributed by atoms with Crippen LogP contribution in [0.1, 0.15) is 0 Å². The summed E-state index contributed by atoms with van der Waals surface area (Å²) in [7, 11) is 0. The molecule has 0 saturated carbocycles. The van der Waals surface area contributed by atoms with Crippen LogP contribution in [0.2, 0.25) is 0 Å². The Labute approximate surface area is 88.6 Å². The summed E-state index contributed by atoms with van der Waals surface area (Å²) < 4.78 is 0.900. The lowest BCUT2D eigenvalue weighted by atomic mass is 10.2. The van der Waals surface area contributed by atoms with E-state index >= 15 is 0 Å². The Bertz CT molecular complexity index is 533. The number of pyridine rings is 1. The molecule has 1 aromatic heterocycles. The highest BCUT2D eigenvalue weighted by Gasteiger charge is 2.00. The minimum absolute atomic E-state index is 0.546. The number of aliphatic imine (C=N–C) groups is 1. The minimum Gasteiger partial charge on any atom is -0.253 e. The van der Waals surface area contributed by atoms with Crippen molar-refractivity contribution in [3.8, 4) is 0 Å². The summed E-state index contributed by atoms with van der Waals surface area (Å²) in [4.78, 5) is 17.9. The molecule has 0 saturated heterocycles. The molecule has 0 atom stereocenters. The van der Waals surface area contributed by atoms with Crippen LogP contribution in [0, 0.1) is 0 Å². The van der Waals surface area contributed by atoms with Crippen LogP contribution >= 0.6 is 15.9 Å². The van der Waals surface area contributed by atoms with Gasteiger partial charge in [-0.1, -0.05) is 12.1 Å². The molecule has 4 heteroatoms. The molecule has 0 fully saturated rings. The van der Waals surface area contributed by atoms with Gasteiger partial charge in [0.05, 0.1) is 5.52 Å². The molecule has 0 N–H and O–H groups in total. The number of hydrogen-bond acceptors (Lipinski definition) is 3. The average Bonchev–Trinajstić information content (AvgIpc) is 2.18. The lowest BCUT2D eigenvalue weighted by Gasteiger charge is -1.99. The topological polar surface area (TPSA) is 42.3 Å². The second-order valence-corrected chi connectivity index (χ2v) is 3.62. The van der Waals surface area contributed by atoms with Gasteiger partial charge in [-0.15, -0.1) is 0 Å². The van der Waals surface area contributed by atoms with Gasteiger partial charge in [0.15, 0.2) is 0 Å². The molecule has 0 aliphatic heterocycles. The fraction of sp³-hybridized carbons (Fsp3) is 0. The van der Waals surface area contributed by atoms with Gasteiger partial charge in [0.2, 0.25) is 6.08 Å². The monoisotopic (exact) mass is 248 g/mol. The van der Waals surface area contributed by atoms with E-state index in [0.717, 1.165) is 9.86 Å². The lowest BCUT2D eigenvalue weighted by molar-refractivity contribution is 0.565. The molecule has 0 aliphatic carbocycles. The Morgan fingerprint density at radius 3 is 3.07 bits per heavy atom. The zero-order valence-corrected chi connectivity index (χ0v) is 8.65. The zero-order valence-electron chi connectivity index (χ0n) is 7.07. The Hall–Kier alpha value is -1.51. The van der Waals surface area contributed by atoms with Crippen molar-refractivity contribution in [3.05, 3.63) is 34.9 Å². The fourth-order valence-electron chi connectivity index (χ4n) is 1.26. The van der Waals surface area contributed by atoms with E-state index < -0.39 is 0 Å². The highest BCUT2D eigenvalue weighted by Crippen LogP contribution is 2.25. The summed E-state index contributed by atoms with van der Waals surface area (Å²) in [5, 5.41) is 0.941. The van der Waals surface area contributed by atoms with Crippen LogP contribution in [0.5, 0.6) is 0 Å². The van der Waals surface area contributed by atoms with Crippen molar-refractivity contribution >= 4 is 38.6 Å². The first-order valence-corrected chi connectivity index (χ1v) is 4.73. The maximum Gasteiger partial charge on any atom is 0.240 e. The molecular weight excluding hydrogens is 244 g/mol. The van der Waals surface area contributed by atoms with Gasteiger partial charge in [-0.05, 0) is 28.1 Å². The van der Waals surface area contributed by atoms with Crippen LogP contribution in [0.4, 0.5) is 5.69 Å². The highest BCUT2D eigenvalue weighted by atomic mass is 79.9. The van der Waals surface area contributed by atoms with Crippen LogP contribution in [0.3, 0.4) is 0 Å². The van der Waals surface area contributed by atoms with Crippen molar-refractivity contribution in [3.63, 3.8) is 0 Å². The van der Waals surface area contributed by atoms with Crippen molar-refractivity contribution in [2.75, 3.05) is 0 Å². The van der Waals surface area contributed by atoms with Gasteiger partial charge in [0, 0.05) is 16.1 Å². The summed E-state index contributed by atoms with van der Waals surface area (Å²) in [5.74, 6) is 0. The van der Waals surface area contributed by atoms with Crippen LogP contribution in [-0.4, -0.2) is 11.1 Å². The van der Waals surface area contributed by atoms with Crippen molar-refractivity contribution in [2.45, 2.75) is 0 Å². The van der Waals surface area contributed by atoms with E-state index in [1.165, 1.54) is 6.08 Å². The van der Waals surface area contributed by atoms with Crippen LogP contribution in [-0.2, 0) is 4.79 Å². The number of nitrogens with zero attached hydrogens (tertiary/aromatic N) is 2. The standard InChI is InChI=1S/C10H5BrN2O/c11-8-4-7-2-1-3-9(13-6-14)10(7)12-5-8/h1-5H. The Balaban J connectivity index is 2.81. The van der Waals surface area contributed by atoms with Crippen LogP contribution in [0.15, 0.2) is 39.9 Å². The number of rotatable bonds is 1. The normalized spacial score (nSPS) is 9.79. The maximum atomic E-state index is 10.2. The average molecular weight is 249 g/mol. The first kappa shape index (κ1) is 9.06. The molecule has 0 aliphatic rings. The first-order chi connectivity index (χ1) is 6.81. The van der Waals surface area contributed by atoms with Gasteiger partial charge in [0.25, 0.3) is 0 Å². The maximum absolute atomic E-state index is 10.2. The molecule has 2 aromatic rings. The molecule has 1 aromatic carbocycles. The van der Waals surface area contributed by atoms with Gasteiger partial charge >= 0.3 is 0 Å². The third-order valence-corrected chi connectivity index (χ3v) is 2.26. The summed E-state index contributed by atoms with van der Waals surface area (Å²) in [5.41, 5.74) is 1.25. The van der Waals surface area contributed by atoms with Gasteiger partial charge < -0.3 is 0 Å². The molecule has 0 amide bonds. The molecule has 3 nitrogen and oxygen atoms in total. The van der Waals surface area contributed by atoms with E-state index in [9.17, 15) is 4.79 Å². The summed E-state index contributed by atoms with van der Waals surface area (Å²) in [6.45, 7) is 0. The van der Waals surface area contributed by atoms with Crippen molar-refractivity contribution in [1.82, 2.24) is 4.98 Å². The predicted octanol–water partition coefficient (Wildman–Crippen LogP) is 2.96. The van der Waals surface area contributed by atoms with Gasteiger partial charge in [-0.3, -0.25) is 4.98 Å². The minimum atomic E-state index is 0.546. The van der Waals surface area contributed by atoms with E-state index in [4.69, 9.17) is 0 Å². The zero-order chi connectivity index (χ0) is 9.97. The number of hydrogen-bond donors (Lipinski definition) is 0. The summed E-state index contributed by atoms with van der Waals surface area (Å²) >= 11 is 3.33. The van der Waals surface area contributed by atoms with E-state index in [-0.39, 0.29) is 0 Å². The Morgan fingerprint density at radius 2 is 2.29 bits per heavy atom. The summed E-state index contributed by atoms with van der Waals surface area (Å²) in [6, 6.07) is 7.39. The first-order valence-electron chi connectivity index (χ1n) is 3.93. The number of halogens is 1. The molecule has 0 spiro atoms. The third-order valence-electron chi connectivity index (χ3n) is 1.82. The molecule has 68 valence electrons. The molecule has 0 radical (unpaired) electrons. The second-order valence-electron chi connectivity index (χ2n) is 2.71. The van der Waals surface area contributed by atoms with Gasteiger partial charge in [-0.2, -0.15) is 4.99 Å².